The summed E-state index contributed by atoms with van der Waals surface area (Å²) in [5, 5.41) is 36.3. The topological polar surface area (TPSA) is 122 Å². The van der Waals surface area contributed by atoms with Gasteiger partial charge in [-0.1, -0.05) is 6.07 Å². The lowest BCUT2D eigenvalue weighted by atomic mass is 10.0. The lowest BCUT2D eigenvalue weighted by Gasteiger charge is -2.47. The Balaban J connectivity index is 1.86. The lowest BCUT2D eigenvalue weighted by Crippen LogP contribution is -2.58. The fraction of sp³-hybridized carbons (Fsp3) is 0.231. The Morgan fingerprint density at radius 2 is 1.89 bits per heavy atom. The van der Waals surface area contributed by atoms with E-state index in [4.69, 9.17) is 10.4 Å². The third-order valence-corrected chi connectivity index (χ3v) is 6.26. The minimum atomic E-state index is -4.62. The monoisotopic (exact) mass is 525 g/mol. The van der Waals surface area contributed by atoms with Gasteiger partial charge in [-0.25, -0.2) is 9.48 Å². The van der Waals surface area contributed by atoms with E-state index in [1.807, 2.05) is 6.07 Å². The number of aliphatic carboxylic acids is 1. The zero-order valence-corrected chi connectivity index (χ0v) is 20.1. The van der Waals surface area contributed by atoms with E-state index in [9.17, 15) is 28.0 Å². The molecular weight excluding hydrogens is 503 g/mol. The quantitative estimate of drug-likeness (QED) is 0.351. The van der Waals surface area contributed by atoms with Gasteiger partial charge < -0.3 is 10.3 Å². The van der Waals surface area contributed by atoms with E-state index in [2.05, 4.69) is 5.10 Å². The molecule has 1 aliphatic rings. The molecule has 2 aromatic carbocycles. The van der Waals surface area contributed by atoms with E-state index in [-0.39, 0.29) is 42.0 Å². The molecule has 1 amide bonds. The molecule has 1 aliphatic heterocycles. The maximum absolute atomic E-state index is 13.9. The van der Waals surface area contributed by atoms with Gasteiger partial charge in [-0.05, 0) is 55.5 Å². The molecule has 0 saturated carbocycles. The molecule has 9 nitrogen and oxygen atoms in total. The van der Waals surface area contributed by atoms with Crippen molar-refractivity contribution in [1.29, 1.82) is 5.26 Å². The average Bonchev–Trinajstić information content (AvgIpc) is 3.35. The third kappa shape index (κ3) is 5.15. The summed E-state index contributed by atoms with van der Waals surface area (Å²) in [6.45, 7) is 0.618. The summed E-state index contributed by atoms with van der Waals surface area (Å²) in [4.78, 5) is 26.1. The van der Waals surface area contributed by atoms with Gasteiger partial charge in [0.1, 0.15) is 5.57 Å². The van der Waals surface area contributed by atoms with Crippen LogP contribution in [0.3, 0.4) is 0 Å². The molecule has 0 bridgehead atoms. The van der Waals surface area contributed by atoms with Crippen molar-refractivity contribution in [2.24, 2.45) is 0 Å². The summed E-state index contributed by atoms with van der Waals surface area (Å²) in [7, 11) is 0. The van der Waals surface area contributed by atoms with Crippen molar-refractivity contribution in [2.75, 3.05) is 18.1 Å². The van der Waals surface area contributed by atoms with Gasteiger partial charge >= 0.3 is 18.1 Å². The average molecular weight is 525 g/mol. The van der Waals surface area contributed by atoms with Crippen LogP contribution in [0.25, 0.3) is 11.3 Å². The maximum Gasteiger partial charge on any atom is 0.416 e. The van der Waals surface area contributed by atoms with Crippen molar-refractivity contribution in [1.82, 2.24) is 9.78 Å². The third-order valence-electron chi connectivity index (χ3n) is 6.26. The number of allylic oxidation sites excluding steroid dienone is 1. The fourth-order valence-corrected chi connectivity index (χ4v) is 4.35. The molecule has 0 spiro atoms. The van der Waals surface area contributed by atoms with Crippen molar-refractivity contribution in [3.63, 3.8) is 0 Å². The minimum Gasteiger partial charge on any atom is -0.624 e. The molecule has 1 aromatic heterocycles. The van der Waals surface area contributed by atoms with Crippen LogP contribution in [-0.4, -0.2) is 44.6 Å². The molecule has 4 rings (SSSR count). The van der Waals surface area contributed by atoms with Crippen LogP contribution in [0.15, 0.2) is 66.5 Å². The number of hydrogen-bond donors (Lipinski definition) is 1. The number of hydrogen-bond acceptors (Lipinski definition) is 6. The number of nitrogens with zero attached hydrogens (tertiary/aromatic N) is 5. The maximum atomic E-state index is 13.9. The van der Waals surface area contributed by atoms with Crippen molar-refractivity contribution >= 4 is 23.1 Å². The summed E-state index contributed by atoms with van der Waals surface area (Å²) < 4.78 is 40.2. The highest BCUT2D eigenvalue weighted by molar-refractivity contribution is 6.18. The number of quaternary nitrogens is 1. The molecule has 38 heavy (non-hydrogen) atoms. The predicted octanol–water partition coefficient (Wildman–Crippen LogP) is 4.68. The van der Waals surface area contributed by atoms with Gasteiger partial charge in [0.15, 0.2) is 6.67 Å². The summed E-state index contributed by atoms with van der Waals surface area (Å²) in [5.74, 6) is -1.99. The Morgan fingerprint density at radius 1 is 1.18 bits per heavy atom. The van der Waals surface area contributed by atoms with Gasteiger partial charge in [0.25, 0.3) is 0 Å². The van der Waals surface area contributed by atoms with Crippen LogP contribution in [0.1, 0.15) is 36.6 Å². The largest absolute Gasteiger partial charge is 0.624 e. The van der Waals surface area contributed by atoms with Gasteiger partial charge in [-0.3, -0.25) is 14.3 Å². The van der Waals surface area contributed by atoms with E-state index in [1.54, 1.807) is 24.3 Å². The second-order valence-electron chi connectivity index (χ2n) is 8.78. The molecule has 12 heteroatoms. The van der Waals surface area contributed by atoms with Crippen LogP contribution >= 0.6 is 0 Å². The molecule has 0 saturated heterocycles. The zero-order chi connectivity index (χ0) is 27.7. The number of rotatable bonds is 7. The van der Waals surface area contributed by atoms with Crippen molar-refractivity contribution in [2.45, 2.75) is 25.9 Å². The first-order chi connectivity index (χ1) is 17.9. The first-order valence-corrected chi connectivity index (χ1v) is 11.5. The highest BCUT2D eigenvalue weighted by Crippen LogP contribution is 2.38. The van der Waals surface area contributed by atoms with Gasteiger partial charge in [0, 0.05) is 17.8 Å². The molecule has 1 atom stereocenters. The first-order valence-electron chi connectivity index (χ1n) is 11.5. The Kier molecular flexibility index (Phi) is 7.08. The number of nitriles is 1. The number of carbonyl (C=O) groups excluding carboxylic acids is 1. The molecule has 1 N–H and O–H groups in total. The minimum absolute atomic E-state index is 0.0548. The predicted molar refractivity (Wildman–Crippen MR) is 130 cm³/mol. The number of hydroxylamine groups is 3. The highest BCUT2D eigenvalue weighted by atomic mass is 19.4. The molecule has 0 fully saturated rings. The van der Waals surface area contributed by atoms with Crippen LogP contribution in [0.5, 0.6) is 0 Å². The van der Waals surface area contributed by atoms with E-state index in [0.717, 1.165) is 12.1 Å². The van der Waals surface area contributed by atoms with Crippen molar-refractivity contribution in [3.05, 3.63) is 88.5 Å². The summed E-state index contributed by atoms with van der Waals surface area (Å²) >= 11 is 0. The molecule has 196 valence electrons. The molecule has 0 aliphatic carbocycles. The second-order valence-corrected chi connectivity index (χ2v) is 8.78. The van der Waals surface area contributed by atoms with Crippen LogP contribution in [0, 0.1) is 16.5 Å². The van der Waals surface area contributed by atoms with E-state index in [0.29, 0.717) is 11.3 Å². The zero-order valence-electron chi connectivity index (χ0n) is 20.1. The smallest absolute Gasteiger partial charge is 0.416 e. The number of amides is 1. The summed E-state index contributed by atoms with van der Waals surface area (Å²) in [5.41, 5.74) is 0.445. The molecule has 1 unspecified atom stereocenters. The summed E-state index contributed by atoms with van der Waals surface area (Å²) in [6.07, 6.45) is -3.67. The Morgan fingerprint density at radius 3 is 2.53 bits per heavy atom. The standard InChI is InChI=1S/C26H22F3N5O4/c1-17-24(22-11-12-31-33(22)20-9-7-18(15-30)8-10-20)25(37)34(38,13-3-6-23(35)36)16-32(17)21-5-2-4-19(14-21)26(27,28)29/h2,4-5,7-12,14H,3,6,13,16H2,1H3,(H,35,36). The number of benzene rings is 2. The Bertz CT molecular complexity index is 1460. The Hall–Kier alpha value is -4.47. The van der Waals surface area contributed by atoms with Crippen molar-refractivity contribution < 1.29 is 32.5 Å². The number of carbonyl (C=O) groups is 2. The van der Waals surface area contributed by atoms with Crippen LogP contribution < -0.4 is 4.90 Å². The number of aromatic nitrogens is 2. The van der Waals surface area contributed by atoms with E-state index < -0.39 is 34.9 Å². The van der Waals surface area contributed by atoms with Gasteiger partial charge in [0.2, 0.25) is 0 Å². The molecular formula is C26H22F3N5O4. The van der Waals surface area contributed by atoms with E-state index >= 15 is 0 Å². The van der Waals surface area contributed by atoms with Gasteiger partial charge in [-0.2, -0.15) is 23.5 Å². The first kappa shape index (κ1) is 26.6. The number of carboxylic acids is 1. The fourth-order valence-electron chi connectivity index (χ4n) is 4.35. The molecule has 0 radical (unpaired) electrons. The van der Waals surface area contributed by atoms with Crippen LogP contribution in [0.2, 0.25) is 0 Å². The molecule has 2 heterocycles. The van der Waals surface area contributed by atoms with Crippen molar-refractivity contribution in [3.8, 4) is 11.8 Å². The molecule has 3 aromatic rings. The van der Waals surface area contributed by atoms with Crippen LogP contribution in [-0.2, 0) is 15.8 Å². The summed E-state index contributed by atoms with van der Waals surface area (Å²) in [6, 6.07) is 14.3. The van der Waals surface area contributed by atoms with Crippen LogP contribution in [0.4, 0.5) is 18.9 Å². The second kappa shape index (κ2) is 10.1. The number of carboxylic acid groups (broad SMARTS) is 1. The van der Waals surface area contributed by atoms with Gasteiger partial charge in [-0.15, -0.1) is 0 Å². The number of halogens is 3. The Labute approximate surface area is 215 Å². The highest BCUT2D eigenvalue weighted by Gasteiger charge is 2.42. The van der Waals surface area contributed by atoms with Gasteiger partial charge in [0.05, 0.1) is 47.7 Å². The number of anilines is 1. The lowest BCUT2D eigenvalue weighted by molar-refractivity contribution is -0.801. The SMILES string of the molecule is CC1=C(c2ccnn2-c2ccc(C#N)cc2)C(=O)[N+]([O-])(CCCC(=O)O)CN1c1cccc(C(F)(F)F)c1. The number of alkyl halides is 3. The van der Waals surface area contributed by atoms with E-state index in [1.165, 1.54) is 40.9 Å². The normalized spacial score (nSPS) is 18.0.